The van der Waals surface area contributed by atoms with Gasteiger partial charge in [-0.25, -0.2) is 18.0 Å². The molecule has 3 rings (SSSR count). The second kappa shape index (κ2) is 6.15. The van der Waals surface area contributed by atoms with Crippen LogP contribution in [0, 0.1) is 0 Å². The predicted molar refractivity (Wildman–Crippen MR) is 88.7 cm³/mol. The molecule has 24 heavy (non-hydrogen) atoms. The molecule has 0 bridgehead atoms. The summed E-state index contributed by atoms with van der Waals surface area (Å²) in [6.45, 7) is 4.19. The van der Waals surface area contributed by atoms with E-state index in [1.807, 2.05) is 7.05 Å². The van der Waals surface area contributed by atoms with Crippen LogP contribution in [0.5, 0.6) is 0 Å². The van der Waals surface area contributed by atoms with E-state index in [9.17, 15) is 18.0 Å². The fourth-order valence-electron chi connectivity index (χ4n) is 2.84. The van der Waals surface area contributed by atoms with Crippen LogP contribution in [0.4, 0.5) is 0 Å². The number of rotatable bonds is 3. The molecule has 2 aromatic rings. The van der Waals surface area contributed by atoms with Crippen molar-refractivity contribution >= 4 is 20.9 Å². The van der Waals surface area contributed by atoms with Crippen molar-refractivity contribution in [3.05, 3.63) is 39.2 Å². The van der Waals surface area contributed by atoms with Gasteiger partial charge in [0.1, 0.15) is 0 Å². The van der Waals surface area contributed by atoms with E-state index in [-0.39, 0.29) is 10.3 Å². The summed E-state index contributed by atoms with van der Waals surface area (Å²) in [5.41, 5.74) is -0.453. The lowest BCUT2D eigenvalue weighted by Crippen LogP contribution is -2.47. The number of aryl methyl sites for hydroxylation is 1. The Balaban J connectivity index is 2.11. The molecule has 1 aromatic carbocycles. The van der Waals surface area contributed by atoms with Crippen LogP contribution in [0.15, 0.2) is 37.1 Å². The molecule has 0 saturated carbocycles. The summed E-state index contributed by atoms with van der Waals surface area (Å²) in [6, 6.07) is 4.21. The minimum absolute atomic E-state index is 0.0353. The highest BCUT2D eigenvalue weighted by atomic mass is 32.2. The first-order valence-corrected chi connectivity index (χ1v) is 9.15. The maximum absolute atomic E-state index is 12.8. The van der Waals surface area contributed by atoms with Gasteiger partial charge in [0.05, 0.1) is 15.8 Å². The summed E-state index contributed by atoms with van der Waals surface area (Å²) in [6.07, 6.45) is 0. The lowest BCUT2D eigenvalue weighted by molar-refractivity contribution is 0.222. The van der Waals surface area contributed by atoms with E-state index in [2.05, 4.69) is 9.32 Å². The second-order valence-corrected chi connectivity index (χ2v) is 7.72. The third kappa shape index (κ3) is 2.79. The maximum Gasteiger partial charge on any atom is 0.422 e. The summed E-state index contributed by atoms with van der Waals surface area (Å²) in [4.78, 5) is 25.8. The highest BCUT2D eigenvalue weighted by Crippen LogP contribution is 2.20. The normalized spacial score (nSPS) is 17.4. The topological polar surface area (TPSA) is 92.8 Å². The largest absolute Gasteiger partial charge is 0.422 e. The van der Waals surface area contributed by atoms with Crippen molar-refractivity contribution in [2.45, 2.75) is 18.4 Å². The summed E-state index contributed by atoms with van der Waals surface area (Å²) < 4.78 is 32.9. The Morgan fingerprint density at radius 3 is 2.42 bits per heavy atom. The average molecular weight is 353 g/mol. The van der Waals surface area contributed by atoms with E-state index in [1.165, 1.54) is 27.1 Å². The molecule has 0 atom stereocenters. The molecule has 0 amide bonds. The van der Waals surface area contributed by atoms with Crippen molar-refractivity contribution in [1.29, 1.82) is 0 Å². The molecule has 1 fully saturated rings. The number of benzene rings is 1. The highest BCUT2D eigenvalue weighted by molar-refractivity contribution is 7.89. The number of hydrogen-bond donors (Lipinski definition) is 0. The quantitative estimate of drug-likeness (QED) is 0.766. The number of aromatic nitrogens is 1. The molecular weight excluding hydrogens is 334 g/mol. The molecule has 8 nitrogen and oxygen atoms in total. The van der Waals surface area contributed by atoms with Gasteiger partial charge in [0.2, 0.25) is 10.0 Å². The van der Waals surface area contributed by atoms with E-state index >= 15 is 0 Å². The fraction of sp³-hybridized carbons (Fsp3) is 0.467. The van der Waals surface area contributed by atoms with Gasteiger partial charge >= 0.3 is 11.4 Å². The number of nitrogens with zero attached hydrogens (tertiary/aromatic N) is 3. The fourth-order valence-corrected chi connectivity index (χ4v) is 4.29. The number of likely N-dealkylation sites (N-methyl/N-ethyl adjacent to an activating group) is 1. The van der Waals surface area contributed by atoms with Gasteiger partial charge in [0.25, 0.3) is 0 Å². The molecule has 0 N–H and O–H groups in total. The minimum atomic E-state index is -3.68. The number of sulfonamides is 1. The minimum Gasteiger partial charge on any atom is -0.372 e. The van der Waals surface area contributed by atoms with Crippen LogP contribution in [0.3, 0.4) is 0 Å². The standard InChI is InChI=1S/C15H19N3O5S/c1-3-18-13-5-4-11(10-12(13)14(19)23-15(18)20)24(21,22)17-8-6-16(2)7-9-17/h4-5,10H,3,6-9H2,1-2H3. The Morgan fingerprint density at radius 2 is 1.79 bits per heavy atom. The number of piperazine rings is 1. The monoisotopic (exact) mass is 353 g/mol. The molecule has 0 unspecified atom stereocenters. The van der Waals surface area contributed by atoms with E-state index < -0.39 is 21.4 Å². The van der Waals surface area contributed by atoms with Crippen molar-refractivity contribution in [3.8, 4) is 0 Å². The molecule has 9 heteroatoms. The first kappa shape index (κ1) is 16.9. The number of hydrogen-bond acceptors (Lipinski definition) is 6. The first-order chi connectivity index (χ1) is 11.3. The zero-order valence-corrected chi connectivity index (χ0v) is 14.4. The Labute approximate surface area is 138 Å². The van der Waals surface area contributed by atoms with Gasteiger partial charge in [-0.1, -0.05) is 0 Å². The summed E-state index contributed by atoms with van der Waals surface area (Å²) >= 11 is 0. The Morgan fingerprint density at radius 1 is 1.12 bits per heavy atom. The van der Waals surface area contributed by atoms with Crippen molar-refractivity contribution in [1.82, 2.24) is 13.8 Å². The maximum atomic E-state index is 12.8. The Kier molecular flexibility index (Phi) is 4.33. The molecule has 1 aromatic heterocycles. The Bertz CT molecular complexity index is 984. The lowest BCUT2D eigenvalue weighted by atomic mass is 10.2. The van der Waals surface area contributed by atoms with E-state index in [1.54, 1.807) is 6.92 Å². The molecule has 2 heterocycles. The van der Waals surface area contributed by atoms with Crippen molar-refractivity contribution in [2.75, 3.05) is 33.2 Å². The smallest absolute Gasteiger partial charge is 0.372 e. The summed E-state index contributed by atoms with van der Waals surface area (Å²) in [5.74, 6) is -0.746. The highest BCUT2D eigenvalue weighted by Gasteiger charge is 2.28. The predicted octanol–water partition coefficient (Wildman–Crippen LogP) is -0.0893. The molecule has 0 radical (unpaired) electrons. The van der Waals surface area contributed by atoms with Crippen LogP contribution in [0.2, 0.25) is 0 Å². The van der Waals surface area contributed by atoms with Crippen LogP contribution >= 0.6 is 0 Å². The van der Waals surface area contributed by atoms with Crippen LogP contribution in [0.1, 0.15) is 6.92 Å². The average Bonchev–Trinajstić information content (AvgIpc) is 2.55. The molecule has 0 aliphatic carbocycles. The van der Waals surface area contributed by atoms with Gasteiger partial charge < -0.3 is 9.32 Å². The van der Waals surface area contributed by atoms with Crippen LogP contribution < -0.4 is 11.4 Å². The SMILES string of the molecule is CCn1c(=O)oc(=O)c2cc(S(=O)(=O)N3CCN(C)CC3)ccc21. The molecular formula is C15H19N3O5S. The van der Waals surface area contributed by atoms with Crippen LogP contribution in [0.25, 0.3) is 10.9 Å². The molecule has 1 aliphatic rings. The summed E-state index contributed by atoms with van der Waals surface area (Å²) in [7, 11) is -1.74. The molecule has 0 spiro atoms. The van der Waals surface area contributed by atoms with Gasteiger partial charge in [-0.3, -0.25) is 4.57 Å². The van der Waals surface area contributed by atoms with Crippen LogP contribution in [-0.2, 0) is 16.6 Å². The molecule has 130 valence electrons. The van der Waals surface area contributed by atoms with Crippen molar-refractivity contribution in [2.24, 2.45) is 0 Å². The van der Waals surface area contributed by atoms with Gasteiger partial charge in [0.15, 0.2) is 0 Å². The van der Waals surface area contributed by atoms with Gasteiger partial charge in [-0.05, 0) is 32.2 Å². The third-order valence-corrected chi connectivity index (χ3v) is 6.19. The lowest BCUT2D eigenvalue weighted by Gasteiger charge is -2.31. The zero-order chi connectivity index (χ0) is 17.5. The molecule has 1 saturated heterocycles. The van der Waals surface area contributed by atoms with Gasteiger partial charge in [0, 0.05) is 32.7 Å². The van der Waals surface area contributed by atoms with E-state index in [0.717, 1.165) is 0 Å². The third-order valence-electron chi connectivity index (χ3n) is 4.30. The zero-order valence-electron chi connectivity index (χ0n) is 13.6. The van der Waals surface area contributed by atoms with Gasteiger partial charge in [-0.15, -0.1) is 0 Å². The van der Waals surface area contributed by atoms with Crippen LogP contribution in [-0.4, -0.2) is 55.4 Å². The van der Waals surface area contributed by atoms with E-state index in [0.29, 0.717) is 38.2 Å². The van der Waals surface area contributed by atoms with Gasteiger partial charge in [-0.2, -0.15) is 4.31 Å². The second-order valence-electron chi connectivity index (χ2n) is 5.79. The number of fused-ring (bicyclic) bond motifs is 1. The summed E-state index contributed by atoms with van der Waals surface area (Å²) in [5, 5.41) is 0.0895. The van der Waals surface area contributed by atoms with E-state index in [4.69, 9.17) is 0 Å². The van der Waals surface area contributed by atoms with Crippen molar-refractivity contribution < 1.29 is 12.8 Å². The van der Waals surface area contributed by atoms with Crippen molar-refractivity contribution in [3.63, 3.8) is 0 Å². The molecule has 1 aliphatic heterocycles. The Hall–Kier alpha value is -1.97. The first-order valence-electron chi connectivity index (χ1n) is 7.71.